The number of esters is 1. The van der Waals surface area contributed by atoms with Crippen molar-refractivity contribution in [1.29, 1.82) is 0 Å². The molecule has 4 nitrogen and oxygen atoms in total. The second-order valence-corrected chi connectivity index (χ2v) is 6.06. The number of rotatable bonds is 4. The van der Waals surface area contributed by atoms with Crippen LogP contribution in [-0.4, -0.2) is 18.5 Å². The van der Waals surface area contributed by atoms with Crippen LogP contribution in [0.2, 0.25) is 0 Å². The lowest BCUT2D eigenvalue weighted by Crippen LogP contribution is -2.05. The van der Waals surface area contributed by atoms with Crippen molar-refractivity contribution in [3.63, 3.8) is 0 Å². The Morgan fingerprint density at radius 1 is 1.17 bits per heavy atom. The Kier molecular flexibility index (Phi) is 4.76. The molecule has 23 heavy (non-hydrogen) atoms. The molecule has 1 aliphatic rings. The zero-order valence-corrected chi connectivity index (χ0v) is 14.6. The van der Waals surface area contributed by atoms with Crippen molar-refractivity contribution in [2.24, 2.45) is 4.99 Å². The van der Waals surface area contributed by atoms with Crippen LogP contribution in [0.15, 0.2) is 59.2 Å². The fourth-order valence-electron chi connectivity index (χ4n) is 2.16. The van der Waals surface area contributed by atoms with Crippen LogP contribution < -0.4 is 4.74 Å². The number of hydrogen-bond donors (Lipinski definition) is 0. The Balaban J connectivity index is 1.94. The molecule has 3 rings (SSSR count). The lowest BCUT2D eigenvalue weighted by atomic mass is 10.1. The van der Waals surface area contributed by atoms with E-state index in [1.165, 1.54) is 0 Å². The minimum absolute atomic E-state index is 0.269. The second kappa shape index (κ2) is 6.95. The molecule has 0 saturated carbocycles. The number of cyclic esters (lactones) is 1. The molecule has 2 aromatic carbocycles. The molecule has 5 heteroatoms. The summed E-state index contributed by atoms with van der Waals surface area (Å²) in [4.78, 5) is 16.4. The molecule has 2 aromatic rings. The van der Waals surface area contributed by atoms with Crippen LogP contribution in [-0.2, 0) is 9.53 Å². The van der Waals surface area contributed by atoms with Gasteiger partial charge in [-0.05, 0) is 65.9 Å². The molecule has 0 aliphatic carbocycles. The highest BCUT2D eigenvalue weighted by atomic mass is 127. The van der Waals surface area contributed by atoms with E-state index in [4.69, 9.17) is 9.47 Å². The van der Waals surface area contributed by atoms with E-state index in [9.17, 15) is 4.79 Å². The van der Waals surface area contributed by atoms with Crippen LogP contribution in [0.25, 0.3) is 6.08 Å². The molecular weight excluding hydrogens is 405 g/mol. The highest BCUT2D eigenvalue weighted by molar-refractivity contribution is 14.1. The Bertz CT molecular complexity index is 794. The summed E-state index contributed by atoms with van der Waals surface area (Å²) >= 11 is 2.22. The predicted octanol–water partition coefficient (Wildman–Crippen LogP) is 4.03. The van der Waals surface area contributed by atoms with Gasteiger partial charge in [0.05, 0.1) is 6.61 Å². The molecule has 0 saturated heterocycles. The van der Waals surface area contributed by atoms with Crippen LogP contribution in [0.3, 0.4) is 0 Å². The zero-order valence-electron chi connectivity index (χ0n) is 12.5. The molecule has 1 aliphatic heterocycles. The Hall–Kier alpha value is -2.15. The van der Waals surface area contributed by atoms with E-state index in [-0.39, 0.29) is 5.70 Å². The highest BCUT2D eigenvalue weighted by Gasteiger charge is 2.24. The summed E-state index contributed by atoms with van der Waals surface area (Å²) in [7, 11) is 0. The van der Waals surface area contributed by atoms with Gasteiger partial charge in [0, 0.05) is 14.7 Å². The van der Waals surface area contributed by atoms with Crippen molar-refractivity contribution in [2.45, 2.75) is 6.92 Å². The molecule has 0 aromatic heterocycles. The maximum Gasteiger partial charge on any atom is 0.363 e. The molecule has 0 N–H and O–H groups in total. The van der Waals surface area contributed by atoms with Crippen LogP contribution in [0.4, 0.5) is 0 Å². The molecule has 0 radical (unpaired) electrons. The van der Waals surface area contributed by atoms with E-state index >= 15 is 0 Å². The van der Waals surface area contributed by atoms with Crippen molar-refractivity contribution >= 4 is 40.5 Å². The van der Waals surface area contributed by atoms with Crippen molar-refractivity contribution in [3.05, 3.63) is 68.9 Å². The Labute approximate surface area is 148 Å². The molecule has 0 fully saturated rings. The summed E-state index contributed by atoms with van der Waals surface area (Å²) in [6.45, 7) is 2.47. The first-order valence-corrected chi connectivity index (χ1v) is 8.25. The topological polar surface area (TPSA) is 47.9 Å². The van der Waals surface area contributed by atoms with Crippen molar-refractivity contribution in [3.8, 4) is 5.75 Å². The molecule has 1 heterocycles. The van der Waals surface area contributed by atoms with E-state index in [0.29, 0.717) is 18.3 Å². The SMILES string of the molecule is CCOc1ccccc1/C=C1/N=C(c2ccc(I)cc2)OC1=O. The van der Waals surface area contributed by atoms with Gasteiger partial charge in [0.2, 0.25) is 5.90 Å². The van der Waals surface area contributed by atoms with Crippen LogP contribution in [0.1, 0.15) is 18.1 Å². The Morgan fingerprint density at radius 2 is 1.91 bits per heavy atom. The number of nitrogens with zero attached hydrogens (tertiary/aromatic N) is 1. The quantitative estimate of drug-likeness (QED) is 0.427. The standard InChI is InChI=1S/C18H14INO3/c1-2-22-16-6-4-3-5-13(16)11-15-18(21)23-17(20-15)12-7-9-14(19)10-8-12/h3-11H,2H2,1H3/b15-11+. The summed E-state index contributed by atoms with van der Waals surface area (Å²) in [5.74, 6) is 0.588. The third-order valence-electron chi connectivity index (χ3n) is 3.22. The number of halogens is 1. The van der Waals surface area contributed by atoms with E-state index in [0.717, 1.165) is 14.7 Å². The van der Waals surface area contributed by atoms with Gasteiger partial charge in [-0.3, -0.25) is 0 Å². The maximum absolute atomic E-state index is 12.1. The molecule has 116 valence electrons. The smallest absolute Gasteiger partial charge is 0.363 e. The van der Waals surface area contributed by atoms with Gasteiger partial charge in [-0.2, -0.15) is 0 Å². The number of hydrogen-bond acceptors (Lipinski definition) is 4. The number of para-hydroxylation sites is 1. The lowest BCUT2D eigenvalue weighted by Gasteiger charge is -2.06. The van der Waals surface area contributed by atoms with Crippen molar-refractivity contribution in [1.82, 2.24) is 0 Å². The number of benzene rings is 2. The second-order valence-electron chi connectivity index (χ2n) is 4.81. The lowest BCUT2D eigenvalue weighted by molar-refractivity contribution is -0.129. The highest BCUT2D eigenvalue weighted by Crippen LogP contribution is 2.24. The van der Waals surface area contributed by atoms with E-state index in [1.54, 1.807) is 6.08 Å². The van der Waals surface area contributed by atoms with Crippen LogP contribution in [0.5, 0.6) is 5.75 Å². The minimum atomic E-state index is -0.454. The maximum atomic E-state index is 12.1. The molecule has 0 unspecified atom stereocenters. The minimum Gasteiger partial charge on any atom is -0.493 e. The third kappa shape index (κ3) is 3.61. The summed E-state index contributed by atoms with van der Waals surface area (Å²) in [6, 6.07) is 15.2. The van der Waals surface area contributed by atoms with Crippen LogP contribution >= 0.6 is 22.6 Å². The van der Waals surface area contributed by atoms with Gasteiger partial charge in [0.25, 0.3) is 0 Å². The first-order chi connectivity index (χ1) is 11.2. The number of carbonyl (C=O) groups excluding carboxylic acids is 1. The van der Waals surface area contributed by atoms with E-state index in [1.807, 2.05) is 55.5 Å². The predicted molar refractivity (Wildman–Crippen MR) is 97.4 cm³/mol. The number of ether oxygens (including phenoxy) is 2. The summed E-state index contributed by atoms with van der Waals surface area (Å²) in [5, 5.41) is 0. The fraction of sp³-hybridized carbons (Fsp3) is 0.111. The molecule has 0 atom stereocenters. The van der Waals surface area contributed by atoms with Gasteiger partial charge in [0.1, 0.15) is 5.75 Å². The largest absolute Gasteiger partial charge is 0.493 e. The van der Waals surface area contributed by atoms with Gasteiger partial charge in [-0.1, -0.05) is 18.2 Å². The van der Waals surface area contributed by atoms with Gasteiger partial charge in [-0.25, -0.2) is 9.79 Å². The van der Waals surface area contributed by atoms with Gasteiger partial charge < -0.3 is 9.47 Å². The van der Waals surface area contributed by atoms with Crippen molar-refractivity contribution < 1.29 is 14.3 Å². The van der Waals surface area contributed by atoms with Gasteiger partial charge >= 0.3 is 5.97 Å². The average molecular weight is 419 g/mol. The van der Waals surface area contributed by atoms with Gasteiger partial charge in [0.15, 0.2) is 5.70 Å². The first kappa shape index (κ1) is 15.7. The molecule has 0 bridgehead atoms. The zero-order chi connectivity index (χ0) is 16.2. The Morgan fingerprint density at radius 3 is 2.65 bits per heavy atom. The fourth-order valence-corrected chi connectivity index (χ4v) is 2.52. The summed E-state index contributed by atoms with van der Waals surface area (Å²) in [5.41, 5.74) is 1.85. The number of carbonyl (C=O) groups is 1. The van der Waals surface area contributed by atoms with Gasteiger partial charge in [-0.15, -0.1) is 0 Å². The summed E-state index contributed by atoms with van der Waals surface area (Å²) in [6.07, 6.45) is 1.69. The van der Waals surface area contributed by atoms with E-state index < -0.39 is 5.97 Å². The average Bonchev–Trinajstić information content (AvgIpc) is 2.91. The summed E-state index contributed by atoms with van der Waals surface area (Å²) < 4.78 is 11.9. The van der Waals surface area contributed by atoms with E-state index in [2.05, 4.69) is 27.6 Å². The van der Waals surface area contributed by atoms with Crippen LogP contribution in [0, 0.1) is 3.57 Å². The van der Waals surface area contributed by atoms with Crippen molar-refractivity contribution in [2.75, 3.05) is 6.61 Å². The molecule has 0 spiro atoms. The first-order valence-electron chi connectivity index (χ1n) is 7.17. The third-order valence-corrected chi connectivity index (χ3v) is 3.94. The monoisotopic (exact) mass is 419 g/mol. The molecule has 0 amide bonds. The molecular formula is C18H14INO3. The normalized spacial score (nSPS) is 15.5. The number of aliphatic imine (C=N–C) groups is 1.